The smallest absolute Gasteiger partial charge is 0.293 e. The molecule has 0 bridgehead atoms. The van der Waals surface area contributed by atoms with Crippen molar-refractivity contribution in [2.45, 2.75) is 32.8 Å². The molecule has 0 aliphatic carbocycles. The zero-order chi connectivity index (χ0) is 19.2. The highest BCUT2D eigenvalue weighted by Crippen LogP contribution is 2.32. The Labute approximate surface area is 164 Å². The summed E-state index contributed by atoms with van der Waals surface area (Å²) in [5, 5.41) is -0.209. The number of amides is 2. The summed E-state index contributed by atoms with van der Waals surface area (Å²) in [6.45, 7) is 4.50. The Hall–Kier alpha value is -2.53. The number of rotatable bonds is 7. The van der Waals surface area contributed by atoms with E-state index in [-0.39, 0.29) is 17.3 Å². The van der Waals surface area contributed by atoms with Gasteiger partial charge in [-0.1, -0.05) is 49.4 Å². The molecule has 27 heavy (non-hydrogen) atoms. The van der Waals surface area contributed by atoms with E-state index in [1.54, 1.807) is 6.08 Å². The van der Waals surface area contributed by atoms with Crippen LogP contribution < -0.4 is 4.74 Å². The third-order valence-electron chi connectivity index (χ3n) is 4.43. The van der Waals surface area contributed by atoms with E-state index in [0.717, 1.165) is 35.1 Å². The van der Waals surface area contributed by atoms with E-state index in [2.05, 4.69) is 6.92 Å². The topological polar surface area (TPSA) is 46.6 Å². The lowest BCUT2D eigenvalue weighted by Crippen LogP contribution is -2.30. The van der Waals surface area contributed by atoms with E-state index in [9.17, 15) is 9.59 Å². The predicted molar refractivity (Wildman–Crippen MR) is 110 cm³/mol. The van der Waals surface area contributed by atoms with Crippen molar-refractivity contribution < 1.29 is 14.3 Å². The molecule has 1 fully saturated rings. The molecule has 1 heterocycles. The van der Waals surface area contributed by atoms with Gasteiger partial charge in [0.15, 0.2) is 0 Å². The van der Waals surface area contributed by atoms with Crippen LogP contribution in [-0.2, 0) is 11.2 Å². The van der Waals surface area contributed by atoms with Gasteiger partial charge >= 0.3 is 0 Å². The Kier molecular flexibility index (Phi) is 6.35. The molecule has 4 nitrogen and oxygen atoms in total. The summed E-state index contributed by atoms with van der Waals surface area (Å²) in [7, 11) is 0. The molecule has 0 unspecified atom stereocenters. The molecule has 140 valence electrons. The van der Waals surface area contributed by atoms with Gasteiger partial charge in [0.25, 0.3) is 11.1 Å². The third-order valence-corrected chi connectivity index (χ3v) is 5.34. The van der Waals surface area contributed by atoms with Crippen LogP contribution >= 0.6 is 11.8 Å². The van der Waals surface area contributed by atoms with Gasteiger partial charge < -0.3 is 4.74 Å². The van der Waals surface area contributed by atoms with Gasteiger partial charge in [0.1, 0.15) is 5.75 Å². The van der Waals surface area contributed by atoms with Gasteiger partial charge in [-0.3, -0.25) is 14.5 Å². The van der Waals surface area contributed by atoms with Crippen LogP contribution in [0.25, 0.3) is 6.08 Å². The minimum atomic E-state index is -0.221. The molecule has 1 atom stereocenters. The first-order chi connectivity index (χ1) is 13.1. The van der Waals surface area contributed by atoms with Crippen LogP contribution in [0.15, 0.2) is 59.5 Å². The van der Waals surface area contributed by atoms with Gasteiger partial charge in [0.2, 0.25) is 0 Å². The maximum atomic E-state index is 12.6. The highest BCUT2D eigenvalue weighted by molar-refractivity contribution is 8.18. The highest BCUT2D eigenvalue weighted by Gasteiger charge is 2.34. The first-order valence-electron chi connectivity index (χ1n) is 9.13. The number of hydrogen-bond donors (Lipinski definition) is 0. The van der Waals surface area contributed by atoms with E-state index in [4.69, 9.17) is 4.74 Å². The van der Waals surface area contributed by atoms with Gasteiger partial charge in [-0.2, -0.15) is 0 Å². The fraction of sp³-hybridized carbons (Fsp3) is 0.273. The van der Waals surface area contributed by atoms with E-state index < -0.39 is 0 Å². The molecular formula is C22H23NO3S. The molecule has 0 saturated carbocycles. The molecule has 0 aromatic heterocycles. The summed E-state index contributed by atoms with van der Waals surface area (Å²) in [6, 6.07) is 17.4. The van der Waals surface area contributed by atoms with Crippen molar-refractivity contribution in [3.05, 3.63) is 70.6 Å². The largest absolute Gasteiger partial charge is 0.491 e. The fourth-order valence-corrected chi connectivity index (χ4v) is 3.55. The monoisotopic (exact) mass is 381 g/mol. The lowest BCUT2D eigenvalue weighted by molar-refractivity contribution is -0.122. The summed E-state index contributed by atoms with van der Waals surface area (Å²) in [5.41, 5.74) is 1.98. The number of ether oxygens (including phenoxy) is 1. The van der Waals surface area contributed by atoms with Crippen molar-refractivity contribution in [1.82, 2.24) is 4.90 Å². The Morgan fingerprint density at radius 3 is 2.44 bits per heavy atom. The van der Waals surface area contributed by atoms with E-state index in [1.807, 2.05) is 61.5 Å². The molecule has 5 heteroatoms. The Bertz CT molecular complexity index is 830. The van der Waals surface area contributed by atoms with Gasteiger partial charge in [-0.25, -0.2) is 0 Å². The summed E-state index contributed by atoms with van der Waals surface area (Å²) >= 11 is 0.998. The molecule has 0 N–H and O–H groups in total. The zero-order valence-electron chi connectivity index (χ0n) is 15.6. The normalized spacial score (nSPS) is 16.8. The van der Waals surface area contributed by atoms with Crippen molar-refractivity contribution in [2.24, 2.45) is 0 Å². The quantitative estimate of drug-likeness (QED) is 0.623. The Morgan fingerprint density at radius 2 is 1.78 bits per heavy atom. The maximum Gasteiger partial charge on any atom is 0.293 e. The molecule has 2 aromatic rings. The van der Waals surface area contributed by atoms with Gasteiger partial charge in [0, 0.05) is 6.54 Å². The van der Waals surface area contributed by atoms with Crippen molar-refractivity contribution in [1.29, 1.82) is 0 Å². The van der Waals surface area contributed by atoms with Crippen molar-refractivity contribution in [2.75, 3.05) is 6.54 Å². The number of carbonyl (C=O) groups excluding carboxylic acids is 2. The van der Waals surface area contributed by atoms with E-state index >= 15 is 0 Å². The third kappa shape index (κ3) is 5.01. The standard InChI is InChI=1S/C22H23NO3S/c1-3-16(2)26-19-11-9-18(10-12-19)15-20-21(24)23(22(25)27-20)14-13-17-7-5-4-6-8-17/h4-12,15-16H,3,13-14H2,1-2H3/b20-15-/t16-/m0/s1. The Morgan fingerprint density at radius 1 is 1.07 bits per heavy atom. The van der Waals surface area contributed by atoms with Crippen molar-refractivity contribution >= 4 is 29.0 Å². The average molecular weight is 381 g/mol. The zero-order valence-corrected chi connectivity index (χ0v) is 16.4. The second kappa shape index (κ2) is 8.91. The van der Waals surface area contributed by atoms with Crippen LogP contribution in [-0.4, -0.2) is 28.7 Å². The number of hydrogen-bond acceptors (Lipinski definition) is 4. The minimum Gasteiger partial charge on any atom is -0.491 e. The molecule has 2 aromatic carbocycles. The van der Waals surface area contributed by atoms with Crippen molar-refractivity contribution in [3.8, 4) is 5.75 Å². The van der Waals surface area contributed by atoms with Gasteiger partial charge in [0.05, 0.1) is 11.0 Å². The summed E-state index contributed by atoms with van der Waals surface area (Å²) in [6.07, 6.45) is 3.53. The maximum absolute atomic E-state index is 12.6. The molecule has 0 spiro atoms. The number of benzene rings is 2. The first-order valence-corrected chi connectivity index (χ1v) is 9.94. The lowest BCUT2D eigenvalue weighted by Gasteiger charge is -2.12. The van der Waals surface area contributed by atoms with Crippen LogP contribution in [0.3, 0.4) is 0 Å². The SMILES string of the molecule is CC[C@H](C)Oc1ccc(/C=C2\SC(=O)N(CCc3ccccc3)C2=O)cc1. The summed E-state index contributed by atoms with van der Waals surface area (Å²) in [5.74, 6) is 0.582. The molecule has 1 aliphatic heterocycles. The van der Waals surface area contributed by atoms with Crippen LogP contribution in [0.5, 0.6) is 5.75 Å². The van der Waals surface area contributed by atoms with Crippen LogP contribution in [0.1, 0.15) is 31.4 Å². The second-order valence-electron chi connectivity index (χ2n) is 6.47. The Balaban J connectivity index is 1.65. The minimum absolute atomic E-state index is 0.164. The van der Waals surface area contributed by atoms with Gasteiger partial charge in [-0.15, -0.1) is 0 Å². The summed E-state index contributed by atoms with van der Waals surface area (Å²) in [4.78, 5) is 26.6. The van der Waals surface area contributed by atoms with Crippen molar-refractivity contribution in [3.63, 3.8) is 0 Å². The highest BCUT2D eigenvalue weighted by atomic mass is 32.2. The summed E-state index contributed by atoms with van der Waals surface area (Å²) < 4.78 is 5.76. The first kappa shape index (κ1) is 19.2. The lowest BCUT2D eigenvalue weighted by atomic mass is 10.1. The van der Waals surface area contributed by atoms with Gasteiger partial charge in [-0.05, 0) is 60.9 Å². The second-order valence-corrected chi connectivity index (χ2v) is 7.47. The fourth-order valence-electron chi connectivity index (χ4n) is 2.69. The number of thioether (sulfide) groups is 1. The number of nitrogens with zero attached hydrogens (tertiary/aromatic N) is 1. The van der Waals surface area contributed by atoms with Crippen LogP contribution in [0, 0.1) is 0 Å². The number of imide groups is 1. The molecule has 1 aliphatic rings. The average Bonchev–Trinajstić information content (AvgIpc) is 2.95. The van der Waals surface area contributed by atoms with E-state index in [1.165, 1.54) is 4.90 Å². The molecule has 1 saturated heterocycles. The molecule has 3 rings (SSSR count). The molecular weight excluding hydrogens is 358 g/mol. The predicted octanol–water partition coefficient (Wildman–Crippen LogP) is 5.14. The number of carbonyl (C=O) groups is 2. The van der Waals surface area contributed by atoms with Crippen LogP contribution in [0.4, 0.5) is 4.79 Å². The molecule has 0 radical (unpaired) electrons. The van der Waals surface area contributed by atoms with Crippen LogP contribution in [0.2, 0.25) is 0 Å². The van der Waals surface area contributed by atoms with E-state index in [0.29, 0.717) is 17.9 Å². The molecule has 2 amide bonds.